The van der Waals surface area contributed by atoms with Crippen molar-refractivity contribution in [3.63, 3.8) is 0 Å². The van der Waals surface area contributed by atoms with E-state index in [0.29, 0.717) is 18.0 Å². The van der Waals surface area contributed by atoms with Crippen LogP contribution in [-0.2, 0) is 11.2 Å². The Labute approximate surface area is 171 Å². The van der Waals surface area contributed by atoms with Crippen LogP contribution in [0.5, 0.6) is 0 Å². The van der Waals surface area contributed by atoms with Crippen LogP contribution in [0, 0.1) is 0 Å². The molecule has 6 heteroatoms. The molecule has 1 aliphatic heterocycles. The van der Waals surface area contributed by atoms with Gasteiger partial charge in [0.25, 0.3) is 0 Å². The van der Waals surface area contributed by atoms with Gasteiger partial charge in [0.15, 0.2) is 0 Å². The first-order valence-electron chi connectivity index (χ1n) is 8.99. The van der Waals surface area contributed by atoms with Gasteiger partial charge in [-0.25, -0.2) is 0 Å². The van der Waals surface area contributed by atoms with Crippen LogP contribution in [0.2, 0.25) is 5.02 Å². The molecule has 1 N–H and O–H groups in total. The largest absolute Gasteiger partial charge is 0.354 e. The molecular weight excluding hydrogens is 387 g/mol. The van der Waals surface area contributed by atoms with Gasteiger partial charge in [-0.3, -0.25) is 9.69 Å². The highest BCUT2D eigenvalue weighted by Crippen LogP contribution is 2.25. The first-order valence-corrected chi connectivity index (χ1v) is 10.3. The number of hydrogen-bond donors (Lipinski definition) is 1. The minimum Gasteiger partial charge on any atom is -0.354 e. The molecule has 1 unspecified atom stereocenters. The van der Waals surface area contributed by atoms with Crippen molar-refractivity contribution in [2.24, 2.45) is 0 Å². The standard InChI is InChI=1S/C20H25ClN2OS.ClH/c21-18-7-5-16(6-8-18)13-20(24)22-14-19(17-9-12-25-15-17)23-10-3-1-2-4-11-23;/h5-9,12,15,19H,1-4,10-11,13-14H2,(H,22,24);1H. The second kappa shape index (κ2) is 10.9. The normalized spacial score (nSPS) is 16.3. The molecule has 0 aliphatic carbocycles. The fourth-order valence-corrected chi connectivity index (χ4v) is 4.22. The summed E-state index contributed by atoms with van der Waals surface area (Å²) >= 11 is 7.63. The number of carbonyl (C=O) groups is 1. The molecule has 0 spiro atoms. The maximum Gasteiger partial charge on any atom is 0.224 e. The maximum absolute atomic E-state index is 12.4. The molecule has 2 aromatic rings. The van der Waals surface area contributed by atoms with E-state index in [4.69, 9.17) is 11.6 Å². The predicted molar refractivity (Wildman–Crippen MR) is 113 cm³/mol. The molecular formula is C20H26Cl2N2OS. The molecule has 1 amide bonds. The van der Waals surface area contributed by atoms with Gasteiger partial charge in [0.05, 0.1) is 12.5 Å². The van der Waals surface area contributed by atoms with E-state index in [2.05, 4.69) is 27.0 Å². The van der Waals surface area contributed by atoms with Gasteiger partial charge in [0.1, 0.15) is 0 Å². The lowest BCUT2D eigenvalue weighted by atomic mass is 10.1. The fourth-order valence-electron chi connectivity index (χ4n) is 3.39. The number of rotatable bonds is 6. The Morgan fingerprint density at radius 2 is 1.81 bits per heavy atom. The van der Waals surface area contributed by atoms with Crippen molar-refractivity contribution in [1.82, 2.24) is 10.2 Å². The Kier molecular flexibility index (Phi) is 8.93. The molecule has 3 nitrogen and oxygen atoms in total. The highest BCUT2D eigenvalue weighted by atomic mass is 35.5. The number of amides is 1. The Hall–Kier alpha value is -1.07. The van der Waals surface area contributed by atoms with Gasteiger partial charge in [0, 0.05) is 11.6 Å². The van der Waals surface area contributed by atoms with Crippen LogP contribution < -0.4 is 5.32 Å². The van der Waals surface area contributed by atoms with E-state index < -0.39 is 0 Å². The third-order valence-electron chi connectivity index (χ3n) is 4.78. The molecule has 1 saturated heterocycles. The van der Waals surface area contributed by atoms with Crippen LogP contribution in [0.4, 0.5) is 0 Å². The summed E-state index contributed by atoms with van der Waals surface area (Å²) in [5, 5.41) is 8.17. The first-order chi connectivity index (χ1) is 12.2. The van der Waals surface area contributed by atoms with E-state index in [-0.39, 0.29) is 24.4 Å². The number of nitrogens with zero attached hydrogens (tertiary/aromatic N) is 1. The van der Waals surface area contributed by atoms with Gasteiger partial charge in [0.2, 0.25) is 5.91 Å². The fraction of sp³-hybridized carbons (Fsp3) is 0.450. The van der Waals surface area contributed by atoms with E-state index in [1.54, 1.807) is 11.3 Å². The van der Waals surface area contributed by atoms with Crippen molar-refractivity contribution in [1.29, 1.82) is 0 Å². The van der Waals surface area contributed by atoms with Crippen LogP contribution in [0.25, 0.3) is 0 Å². The summed E-state index contributed by atoms with van der Waals surface area (Å²) in [6.07, 6.45) is 5.53. The summed E-state index contributed by atoms with van der Waals surface area (Å²) in [5.74, 6) is 0.0670. The lowest BCUT2D eigenvalue weighted by molar-refractivity contribution is -0.120. The second-order valence-electron chi connectivity index (χ2n) is 6.63. The lowest BCUT2D eigenvalue weighted by Crippen LogP contribution is -2.39. The van der Waals surface area contributed by atoms with Crippen molar-refractivity contribution >= 4 is 41.3 Å². The molecule has 26 heavy (non-hydrogen) atoms. The van der Waals surface area contributed by atoms with E-state index >= 15 is 0 Å². The minimum atomic E-state index is 0. The van der Waals surface area contributed by atoms with Crippen LogP contribution >= 0.6 is 35.3 Å². The molecule has 0 saturated carbocycles. The van der Waals surface area contributed by atoms with Gasteiger partial charge < -0.3 is 5.32 Å². The number of likely N-dealkylation sites (tertiary alicyclic amines) is 1. The van der Waals surface area contributed by atoms with Gasteiger partial charge in [-0.05, 0) is 66.0 Å². The molecule has 142 valence electrons. The number of halogens is 2. The zero-order valence-corrected chi connectivity index (χ0v) is 17.2. The Morgan fingerprint density at radius 1 is 1.12 bits per heavy atom. The van der Waals surface area contributed by atoms with Crippen molar-refractivity contribution in [2.45, 2.75) is 38.1 Å². The number of benzene rings is 1. The quantitative estimate of drug-likeness (QED) is 0.715. The molecule has 2 heterocycles. The highest BCUT2D eigenvalue weighted by Gasteiger charge is 2.22. The van der Waals surface area contributed by atoms with E-state index in [1.165, 1.54) is 31.2 Å². The smallest absolute Gasteiger partial charge is 0.224 e. The van der Waals surface area contributed by atoms with Crippen LogP contribution in [0.15, 0.2) is 41.1 Å². The average Bonchev–Trinajstić information content (AvgIpc) is 3.00. The van der Waals surface area contributed by atoms with Crippen LogP contribution in [0.1, 0.15) is 42.9 Å². The molecule has 0 bridgehead atoms. The van der Waals surface area contributed by atoms with E-state index in [0.717, 1.165) is 18.7 Å². The van der Waals surface area contributed by atoms with Crippen molar-refractivity contribution < 1.29 is 4.79 Å². The molecule has 1 fully saturated rings. The molecule has 1 aromatic carbocycles. The number of thiophene rings is 1. The van der Waals surface area contributed by atoms with Crippen LogP contribution in [0.3, 0.4) is 0 Å². The number of nitrogens with one attached hydrogen (secondary N) is 1. The minimum absolute atomic E-state index is 0. The summed E-state index contributed by atoms with van der Waals surface area (Å²) in [7, 11) is 0. The van der Waals surface area contributed by atoms with E-state index in [1.807, 2.05) is 24.3 Å². The topological polar surface area (TPSA) is 32.3 Å². The summed E-state index contributed by atoms with van der Waals surface area (Å²) < 4.78 is 0. The van der Waals surface area contributed by atoms with E-state index in [9.17, 15) is 4.79 Å². The summed E-state index contributed by atoms with van der Waals surface area (Å²) in [6, 6.07) is 9.94. The molecule has 1 atom stereocenters. The van der Waals surface area contributed by atoms with Gasteiger partial charge in [-0.1, -0.05) is 36.6 Å². The predicted octanol–water partition coefficient (Wildman–Crippen LogP) is 5.10. The summed E-state index contributed by atoms with van der Waals surface area (Å²) in [4.78, 5) is 14.9. The number of hydrogen-bond acceptors (Lipinski definition) is 3. The Balaban J connectivity index is 0.00000243. The Bertz CT molecular complexity index is 653. The highest BCUT2D eigenvalue weighted by molar-refractivity contribution is 7.07. The number of carbonyl (C=O) groups excluding carboxylic acids is 1. The molecule has 0 radical (unpaired) electrons. The second-order valence-corrected chi connectivity index (χ2v) is 7.85. The molecule has 3 rings (SSSR count). The monoisotopic (exact) mass is 412 g/mol. The van der Waals surface area contributed by atoms with Crippen molar-refractivity contribution in [3.8, 4) is 0 Å². The van der Waals surface area contributed by atoms with Crippen LogP contribution in [-0.4, -0.2) is 30.4 Å². The average molecular weight is 413 g/mol. The zero-order chi connectivity index (χ0) is 17.5. The van der Waals surface area contributed by atoms with Gasteiger partial charge in [-0.15, -0.1) is 12.4 Å². The third-order valence-corrected chi connectivity index (χ3v) is 5.73. The molecule has 1 aliphatic rings. The van der Waals surface area contributed by atoms with Gasteiger partial charge >= 0.3 is 0 Å². The van der Waals surface area contributed by atoms with Gasteiger partial charge in [-0.2, -0.15) is 11.3 Å². The summed E-state index contributed by atoms with van der Waals surface area (Å²) in [6.45, 7) is 2.91. The molecule has 1 aromatic heterocycles. The maximum atomic E-state index is 12.4. The SMILES string of the molecule is Cl.O=C(Cc1ccc(Cl)cc1)NCC(c1ccsc1)N1CCCCCC1. The first kappa shape index (κ1) is 21.2. The van der Waals surface area contributed by atoms with Crippen molar-refractivity contribution in [2.75, 3.05) is 19.6 Å². The lowest BCUT2D eigenvalue weighted by Gasteiger charge is -2.30. The summed E-state index contributed by atoms with van der Waals surface area (Å²) in [5.41, 5.74) is 2.31. The van der Waals surface area contributed by atoms with Crippen molar-refractivity contribution in [3.05, 3.63) is 57.2 Å². The zero-order valence-electron chi connectivity index (χ0n) is 14.8. The Morgan fingerprint density at radius 3 is 2.42 bits per heavy atom. The third kappa shape index (κ3) is 6.27.